The van der Waals surface area contributed by atoms with Crippen molar-refractivity contribution < 1.29 is 0 Å². The molecule has 4 rings (SSSR count). The summed E-state index contributed by atoms with van der Waals surface area (Å²) >= 11 is 8.25. The Morgan fingerprint density at radius 3 is 2.43 bits per heavy atom. The number of thiocarbonyl (C=S) groups is 1. The second-order valence-corrected chi connectivity index (χ2v) is 8.58. The Labute approximate surface area is 184 Å². The lowest BCUT2D eigenvalue weighted by atomic mass is 9.96. The number of rotatable bonds is 4. The molecule has 144 valence electrons. The van der Waals surface area contributed by atoms with Gasteiger partial charge < -0.3 is 15.2 Å². The third-order valence-electron chi connectivity index (χ3n) is 5.36. The number of hydrogen-bond donors (Lipinski definition) is 2. The van der Waals surface area contributed by atoms with Gasteiger partial charge >= 0.3 is 0 Å². The van der Waals surface area contributed by atoms with E-state index in [2.05, 4.69) is 93.9 Å². The molecule has 0 unspecified atom stereocenters. The van der Waals surface area contributed by atoms with Crippen LogP contribution in [0.4, 0.5) is 5.69 Å². The summed E-state index contributed by atoms with van der Waals surface area (Å²) < 4.78 is 1.25. The van der Waals surface area contributed by atoms with Gasteiger partial charge in [-0.2, -0.15) is 0 Å². The van der Waals surface area contributed by atoms with Crippen LogP contribution in [0.1, 0.15) is 47.2 Å². The van der Waals surface area contributed by atoms with E-state index in [0.717, 1.165) is 22.9 Å². The highest BCUT2D eigenvalue weighted by Crippen LogP contribution is 2.44. The molecule has 0 amide bonds. The molecule has 0 saturated carbocycles. The number of hydrogen-bond acceptors (Lipinski definition) is 2. The molecule has 1 fully saturated rings. The molecule has 1 aliphatic rings. The highest BCUT2D eigenvalue weighted by Gasteiger charge is 2.42. The molecular weight excluding hydrogens is 479 g/mol. The molecule has 4 nitrogen and oxygen atoms in total. The number of aromatic amines is 1. The summed E-state index contributed by atoms with van der Waals surface area (Å²) in [6, 6.07) is 14.8. The van der Waals surface area contributed by atoms with Gasteiger partial charge in [0.05, 0.1) is 17.8 Å². The Morgan fingerprint density at radius 2 is 1.86 bits per heavy atom. The van der Waals surface area contributed by atoms with Gasteiger partial charge in [0.1, 0.15) is 0 Å². The van der Waals surface area contributed by atoms with Gasteiger partial charge in [0.2, 0.25) is 0 Å². The summed E-state index contributed by atoms with van der Waals surface area (Å²) in [5.74, 6) is 0. The van der Waals surface area contributed by atoms with Crippen molar-refractivity contribution in [2.24, 2.45) is 0 Å². The number of halogens is 1. The molecule has 0 bridgehead atoms. The second kappa shape index (κ2) is 7.83. The van der Waals surface area contributed by atoms with Crippen LogP contribution >= 0.6 is 34.8 Å². The summed E-state index contributed by atoms with van der Waals surface area (Å²) in [5.41, 5.74) is 7.06. The quantitative estimate of drug-likeness (QED) is 0.372. The van der Waals surface area contributed by atoms with E-state index in [-0.39, 0.29) is 12.1 Å². The zero-order valence-electron chi connectivity index (χ0n) is 16.2. The number of pyridine rings is 1. The number of benzene rings is 1. The predicted octanol–water partition coefficient (Wildman–Crippen LogP) is 5.37. The molecule has 1 saturated heterocycles. The molecule has 2 aromatic heterocycles. The molecule has 3 aromatic rings. The van der Waals surface area contributed by atoms with Crippen molar-refractivity contribution in [1.82, 2.24) is 15.3 Å². The Morgan fingerprint density at radius 1 is 1.11 bits per heavy atom. The average Bonchev–Trinajstić information content (AvgIpc) is 3.17. The van der Waals surface area contributed by atoms with Crippen LogP contribution in [0.25, 0.3) is 0 Å². The van der Waals surface area contributed by atoms with Gasteiger partial charge in [-0.1, -0.05) is 25.1 Å². The highest BCUT2D eigenvalue weighted by atomic mass is 127. The first-order valence-corrected chi connectivity index (χ1v) is 10.9. The molecule has 0 spiro atoms. The van der Waals surface area contributed by atoms with Gasteiger partial charge in [-0.3, -0.25) is 4.98 Å². The summed E-state index contributed by atoms with van der Waals surface area (Å²) in [5, 5.41) is 4.27. The topological polar surface area (TPSA) is 44.0 Å². The first-order valence-electron chi connectivity index (χ1n) is 9.45. The lowest BCUT2D eigenvalue weighted by Crippen LogP contribution is -2.29. The summed E-state index contributed by atoms with van der Waals surface area (Å²) in [6.07, 6.45) is 2.87. The zero-order valence-corrected chi connectivity index (χ0v) is 19.1. The number of anilines is 1. The van der Waals surface area contributed by atoms with Gasteiger partial charge in [-0.15, -0.1) is 0 Å². The van der Waals surface area contributed by atoms with Crippen molar-refractivity contribution in [3.05, 3.63) is 80.4 Å². The lowest BCUT2D eigenvalue weighted by Gasteiger charge is -2.28. The Hall–Kier alpha value is -1.93. The van der Waals surface area contributed by atoms with Crippen molar-refractivity contribution in [1.29, 1.82) is 0 Å². The Balaban J connectivity index is 1.87. The van der Waals surface area contributed by atoms with Gasteiger partial charge in [-0.05, 0) is 84.9 Å². The maximum absolute atomic E-state index is 5.81. The fourth-order valence-corrected chi connectivity index (χ4v) is 5.14. The van der Waals surface area contributed by atoms with Crippen LogP contribution in [0.5, 0.6) is 0 Å². The first kappa shape index (κ1) is 19.4. The maximum atomic E-state index is 5.81. The standard InChI is InChI=1S/C22H23IN4S/c1-4-15-8-10-16(11-9-15)27-21(18-13(2)25-14(3)19(18)23)20(26-22(27)28)17-7-5-6-12-24-17/h5-12,20-21,25H,4H2,1-3H3,(H,26,28)/t20-,21-/m1/s1. The lowest BCUT2D eigenvalue weighted by molar-refractivity contribution is 0.564. The number of H-pyrrole nitrogens is 1. The predicted molar refractivity (Wildman–Crippen MR) is 127 cm³/mol. The van der Waals surface area contributed by atoms with Crippen LogP contribution in [0.3, 0.4) is 0 Å². The number of nitrogens with one attached hydrogen (secondary N) is 2. The third-order valence-corrected chi connectivity index (χ3v) is 7.07. The molecule has 1 aromatic carbocycles. The minimum absolute atomic E-state index is 0.0121. The van der Waals surface area contributed by atoms with Crippen LogP contribution in [0.2, 0.25) is 0 Å². The molecule has 1 aliphatic heterocycles. The molecule has 2 N–H and O–H groups in total. The van der Waals surface area contributed by atoms with Gasteiger partial charge in [0.25, 0.3) is 0 Å². The fourth-order valence-electron chi connectivity index (χ4n) is 3.94. The number of aromatic nitrogens is 2. The van der Waals surface area contributed by atoms with E-state index < -0.39 is 0 Å². The summed E-state index contributed by atoms with van der Waals surface area (Å²) in [6.45, 7) is 6.43. The molecule has 3 heterocycles. The monoisotopic (exact) mass is 502 g/mol. The van der Waals surface area contributed by atoms with Crippen LogP contribution < -0.4 is 10.2 Å². The molecule has 0 aliphatic carbocycles. The minimum atomic E-state index is -0.0121. The van der Waals surface area contributed by atoms with Crippen molar-refractivity contribution >= 4 is 45.6 Å². The Kier molecular flexibility index (Phi) is 5.42. The Bertz CT molecular complexity index is 997. The van der Waals surface area contributed by atoms with Crippen LogP contribution in [0.15, 0.2) is 48.7 Å². The maximum Gasteiger partial charge on any atom is 0.174 e. The van der Waals surface area contributed by atoms with Crippen LogP contribution in [0, 0.1) is 17.4 Å². The number of nitrogens with zero attached hydrogens (tertiary/aromatic N) is 2. The van der Waals surface area contributed by atoms with Gasteiger partial charge in [-0.25, -0.2) is 0 Å². The van der Waals surface area contributed by atoms with E-state index in [1.165, 1.54) is 26.1 Å². The van der Waals surface area contributed by atoms with E-state index in [4.69, 9.17) is 12.2 Å². The zero-order chi connectivity index (χ0) is 19.8. The minimum Gasteiger partial charge on any atom is -0.362 e. The fraction of sp³-hybridized carbons (Fsp3) is 0.273. The summed E-state index contributed by atoms with van der Waals surface area (Å²) in [7, 11) is 0. The first-order chi connectivity index (χ1) is 13.5. The van der Waals surface area contributed by atoms with Crippen molar-refractivity contribution in [2.45, 2.75) is 39.3 Å². The SMILES string of the molecule is CCc1ccc(N2C(=S)N[C@H](c3ccccn3)[C@H]2c2c(C)[nH]c(C)c2I)cc1. The van der Waals surface area contributed by atoms with Crippen molar-refractivity contribution in [2.75, 3.05) is 4.90 Å². The van der Waals surface area contributed by atoms with Crippen LogP contribution in [-0.4, -0.2) is 15.1 Å². The van der Waals surface area contributed by atoms with E-state index in [0.29, 0.717) is 0 Å². The van der Waals surface area contributed by atoms with Gasteiger partial charge in [0.15, 0.2) is 5.11 Å². The average molecular weight is 502 g/mol. The third kappa shape index (κ3) is 3.33. The smallest absolute Gasteiger partial charge is 0.174 e. The van der Waals surface area contributed by atoms with E-state index in [1.807, 2.05) is 18.3 Å². The molecular formula is C22H23IN4S. The second-order valence-electron chi connectivity index (χ2n) is 7.12. The number of aryl methyl sites for hydroxylation is 3. The normalized spacial score (nSPS) is 19.1. The van der Waals surface area contributed by atoms with E-state index >= 15 is 0 Å². The molecule has 2 atom stereocenters. The highest BCUT2D eigenvalue weighted by molar-refractivity contribution is 14.1. The van der Waals surface area contributed by atoms with E-state index in [1.54, 1.807) is 0 Å². The summed E-state index contributed by atoms with van der Waals surface area (Å²) in [4.78, 5) is 10.4. The molecule has 28 heavy (non-hydrogen) atoms. The van der Waals surface area contributed by atoms with Gasteiger partial charge in [0, 0.05) is 32.4 Å². The van der Waals surface area contributed by atoms with Crippen molar-refractivity contribution in [3.8, 4) is 0 Å². The van der Waals surface area contributed by atoms with Crippen molar-refractivity contribution in [3.63, 3.8) is 0 Å². The van der Waals surface area contributed by atoms with E-state index in [9.17, 15) is 0 Å². The molecule has 6 heteroatoms. The largest absolute Gasteiger partial charge is 0.362 e. The molecule has 0 radical (unpaired) electrons. The van der Waals surface area contributed by atoms with Crippen LogP contribution in [-0.2, 0) is 6.42 Å².